The van der Waals surface area contributed by atoms with Gasteiger partial charge in [-0.1, -0.05) is 46.3 Å². The number of carbonyl (C=O) groups excluding carboxylic acids is 3. The van der Waals surface area contributed by atoms with Gasteiger partial charge in [0.1, 0.15) is 18.7 Å². The Morgan fingerprint density at radius 3 is 2.59 bits per heavy atom. The van der Waals surface area contributed by atoms with Crippen LogP contribution >= 0.6 is 15.9 Å². The maximum atomic E-state index is 11.8. The van der Waals surface area contributed by atoms with Crippen LogP contribution in [0.4, 0.5) is 4.79 Å². The molecule has 22 heavy (non-hydrogen) atoms. The lowest BCUT2D eigenvalue weighted by Gasteiger charge is -2.43. The van der Waals surface area contributed by atoms with E-state index in [1.54, 1.807) is 0 Å². The Bertz CT molecular complexity index is 566. The minimum Gasteiger partial charge on any atom is -0.445 e. The highest BCUT2D eigenvalue weighted by Gasteiger charge is 2.50. The summed E-state index contributed by atoms with van der Waals surface area (Å²) in [6, 6.07) is 7.95. The SMILES string of the molecule is CC(=O)ON1C(=O)C(NC(=O)OCc2ccccc2)C1CBr. The van der Waals surface area contributed by atoms with Crippen molar-refractivity contribution >= 4 is 33.9 Å². The Hall–Kier alpha value is -2.09. The first kappa shape index (κ1) is 16.3. The number of hydroxylamine groups is 2. The molecule has 0 saturated carbocycles. The zero-order valence-electron chi connectivity index (χ0n) is 11.8. The lowest BCUT2D eigenvalue weighted by Crippen LogP contribution is -2.71. The van der Waals surface area contributed by atoms with Gasteiger partial charge in [-0.15, -0.1) is 0 Å². The van der Waals surface area contributed by atoms with Gasteiger partial charge in [-0.3, -0.25) is 9.59 Å². The van der Waals surface area contributed by atoms with Crippen LogP contribution in [-0.2, 0) is 25.8 Å². The number of nitrogens with one attached hydrogen (secondary N) is 1. The number of rotatable bonds is 5. The Kier molecular flexibility index (Phi) is 5.37. The zero-order valence-corrected chi connectivity index (χ0v) is 13.4. The molecule has 1 aliphatic heterocycles. The Balaban J connectivity index is 1.84. The van der Waals surface area contributed by atoms with Crippen molar-refractivity contribution < 1.29 is 24.0 Å². The quantitative estimate of drug-likeness (QED) is 0.624. The number of alkyl carbamates (subject to hydrolysis) is 1. The van der Waals surface area contributed by atoms with Gasteiger partial charge < -0.3 is 14.9 Å². The second-order valence-electron chi connectivity index (χ2n) is 4.65. The standard InChI is InChI=1S/C14H15BrN2O5/c1-9(18)22-17-11(7-15)12(13(17)19)16-14(20)21-8-10-5-3-2-4-6-10/h2-6,11-12H,7-8H2,1H3,(H,16,20). The van der Waals surface area contributed by atoms with Gasteiger partial charge in [0.25, 0.3) is 5.91 Å². The number of hydrogen-bond donors (Lipinski definition) is 1. The van der Waals surface area contributed by atoms with Crippen molar-refractivity contribution in [3.05, 3.63) is 35.9 Å². The maximum absolute atomic E-state index is 11.8. The molecular weight excluding hydrogens is 356 g/mol. The number of halogens is 1. The molecule has 1 fully saturated rings. The topological polar surface area (TPSA) is 84.9 Å². The molecule has 1 aromatic carbocycles. The van der Waals surface area contributed by atoms with E-state index in [9.17, 15) is 14.4 Å². The van der Waals surface area contributed by atoms with Gasteiger partial charge >= 0.3 is 12.1 Å². The van der Waals surface area contributed by atoms with E-state index in [0.29, 0.717) is 5.33 Å². The molecule has 0 bridgehead atoms. The van der Waals surface area contributed by atoms with Crippen LogP contribution in [0.25, 0.3) is 0 Å². The second kappa shape index (κ2) is 7.26. The number of amides is 2. The molecule has 0 aliphatic carbocycles. The van der Waals surface area contributed by atoms with Crippen molar-refractivity contribution in [3.8, 4) is 0 Å². The van der Waals surface area contributed by atoms with E-state index in [2.05, 4.69) is 21.2 Å². The first-order chi connectivity index (χ1) is 10.5. The molecule has 1 N–H and O–H groups in total. The summed E-state index contributed by atoms with van der Waals surface area (Å²) in [5.41, 5.74) is 0.844. The van der Waals surface area contributed by atoms with Gasteiger partial charge in [-0.25, -0.2) is 4.79 Å². The zero-order chi connectivity index (χ0) is 16.1. The fraction of sp³-hybridized carbons (Fsp3) is 0.357. The molecule has 0 aromatic heterocycles. The van der Waals surface area contributed by atoms with Gasteiger partial charge in [-0.2, -0.15) is 5.06 Å². The van der Waals surface area contributed by atoms with Crippen LogP contribution in [0.3, 0.4) is 0 Å². The molecule has 2 atom stereocenters. The molecule has 1 heterocycles. The van der Waals surface area contributed by atoms with Crippen LogP contribution in [0.2, 0.25) is 0 Å². The van der Waals surface area contributed by atoms with Crippen molar-refractivity contribution in [2.45, 2.75) is 25.6 Å². The third-order valence-electron chi connectivity index (χ3n) is 3.04. The fourth-order valence-electron chi connectivity index (χ4n) is 1.97. The average molecular weight is 371 g/mol. The molecular formula is C14H15BrN2O5. The first-order valence-corrected chi connectivity index (χ1v) is 7.70. The summed E-state index contributed by atoms with van der Waals surface area (Å²) in [4.78, 5) is 39.2. The molecule has 1 saturated heterocycles. The molecule has 2 unspecified atom stereocenters. The number of hydrogen-bond acceptors (Lipinski definition) is 5. The Morgan fingerprint density at radius 2 is 2.00 bits per heavy atom. The largest absolute Gasteiger partial charge is 0.445 e. The Morgan fingerprint density at radius 1 is 1.32 bits per heavy atom. The summed E-state index contributed by atoms with van der Waals surface area (Å²) < 4.78 is 5.05. The average Bonchev–Trinajstić information content (AvgIpc) is 2.52. The van der Waals surface area contributed by atoms with E-state index in [1.807, 2.05) is 30.3 Å². The fourth-order valence-corrected chi connectivity index (χ4v) is 2.61. The number of alkyl halides is 1. The molecule has 2 amide bonds. The highest BCUT2D eigenvalue weighted by Crippen LogP contribution is 2.22. The summed E-state index contributed by atoms with van der Waals surface area (Å²) >= 11 is 3.21. The number of carbonyl (C=O) groups is 3. The molecule has 8 heteroatoms. The molecule has 7 nitrogen and oxygen atoms in total. The van der Waals surface area contributed by atoms with Crippen molar-refractivity contribution in [1.82, 2.24) is 10.4 Å². The van der Waals surface area contributed by atoms with Crippen molar-refractivity contribution in [2.24, 2.45) is 0 Å². The molecule has 0 spiro atoms. The number of nitrogens with zero attached hydrogens (tertiary/aromatic N) is 1. The van der Waals surface area contributed by atoms with Gasteiger partial charge in [-0.05, 0) is 5.56 Å². The predicted octanol–water partition coefficient (Wildman–Crippen LogP) is 1.37. The maximum Gasteiger partial charge on any atom is 0.408 e. The van der Waals surface area contributed by atoms with E-state index >= 15 is 0 Å². The Labute approximate surface area is 135 Å². The lowest BCUT2D eigenvalue weighted by molar-refractivity contribution is -0.227. The van der Waals surface area contributed by atoms with Crippen molar-refractivity contribution in [1.29, 1.82) is 0 Å². The molecule has 0 radical (unpaired) electrons. The number of β-lactam (4-membered cyclic amide) rings is 1. The van der Waals surface area contributed by atoms with Crippen molar-refractivity contribution in [3.63, 3.8) is 0 Å². The van der Waals surface area contributed by atoms with E-state index in [-0.39, 0.29) is 6.61 Å². The van der Waals surface area contributed by atoms with Crippen LogP contribution in [0.15, 0.2) is 30.3 Å². The molecule has 2 rings (SSSR count). The summed E-state index contributed by atoms with van der Waals surface area (Å²) in [5, 5.41) is 3.77. The lowest BCUT2D eigenvalue weighted by atomic mass is 10.0. The van der Waals surface area contributed by atoms with Gasteiger partial charge in [0.05, 0.1) is 0 Å². The second-order valence-corrected chi connectivity index (χ2v) is 5.30. The normalized spacial score (nSPS) is 20.1. The van der Waals surface area contributed by atoms with Crippen LogP contribution in [0.5, 0.6) is 0 Å². The summed E-state index contributed by atoms with van der Waals surface area (Å²) in [5.74, 6) is -1.08. The van der Waals surface area contributed by atoms with Crippen molar-refractivity contribution in [2.75, 3.05) is 5.33 Å². The number of ether oxygens (including phenoxy) is 1. The summed E-state index contributed by atoms with van der Waals surface area (Å²) in [6.45, 7) is 1.31. The van der Waals surface area contributed by atoms with E-state index in [1.165, 1.54) is 6.92 Å². The van der Waals surface area contributed by atoms with Crippen LogP contribution in [-0.4, -0.2) is 40.4 Å². The van der Waals surface area contributed by atoms with Gasteiger partial charge in [0.2, 0.25) is 0 Å². The van der Waals surface area contributed by atoms with Crippen LogP contribution in [0, 0.1) is 0 Å². The van der Waals surface area contributed by atoms with E-state index in [4.69, 9.17) is 9.57 Å². The minimum absolute atomic E-state index is 0.111. The minimum atomic E-state index is -0.776. The van der Waals surface area contributed by atoms with E-state index < -0.39 is 30.1 Å². The van der Waals surface area contributed by atoms with E-state index in [0.717, 1.165) is 10.6 Å². The highest BCUT2D eigenvalue weighted by molar-refractivity contribution is 9.09. The molecule has 1 aromatic rings. The number of benzene rings is 1. The molecule has 118 valence electrons. The first-order valence-electron chi connectivity index (χ1n) is 6.57. The monoisotopic (exact) mass is 370 g/mol. The van der Waals surface area contributed by atoms with Gasteiger partial charge in [0.15, 0.2) is 0 Å². The van der Waals surface area contributed by atoms with Gasteiger partial charge in [0, 0.05) is 12.3 Å². The third-order valence-corrected chi connectivity index (χ3v) is 3.70. The summed E-state index contributed by atoms with van der Waals surface area (Å²) in [6.07, 6.45) is -0.698. The third kappa shape index (κ3) is 3.76. The predicted molar refractivity (Wildman–Crippen MR) is 79.7 cm³/mol. The van der Waals surface area contributed by atoms with Crippen LogP contribution in [0.1, 0.15) is 12.5 Å². The molecule has 1 aliphatic rings. The van der Waals surface area contributed by atoms with Crippen LogP contribution < -0.4 is 5.32 Å². The smallest absolute Gasteiger partial charge is 0.408 e. The summed E-state index contributed by atoms with van der Waals surface area (Å²) in [7, 11) is 0. The highest BCUT2D eigenvalue weighted by atomic mass is 79.9.